The highest BCUT2D eigenvalue weighted by molar-refractivity contribution is 7.14. The van der Waals surface area contributed by atoms with Crippen LogP contribution in [0.5, 0.6) is 0 Å². The molecule has 0 atom stereocenters. The first-order valence-corrected chi connectivity index (χ1v) is 8.60. The van der Waals surface area contributed by atoms with E-state index in [4.69, 9.17) is 0 Å². The Morgan fingerprint density at radius 3 is 2.75 bits per heavy atom. The minimum atomic E-state index is 0.171. The summed E-state index contributed by atoms with van der Waals surface area (Å²) in [6.45, 7) is 6.73. The van der Waals surface area contributed by atoms with E-state index in [2.05, 4.69) is 34.3 Å². The number of hydrogen-bond donors (Lipinski definition) is 1. The first-order chi connectivity index (χ1) is 9.74. The molecular formula is C15H20N2OS2. The van der Waals surface area contributed by atoms with Gasteiger partial charge in [-0.1, -0.05) is 6.07 Å². The molecule has 0 aliphatic rings. The average Bonchev–Trinajstić information content (AvgIpc) is 3.10. The number of carbonyl (C=O) groups is 1. The number of nitrogens with one attached hydrogen (secondary N) is 1. The second kappa shape index (κ2) is 7.57. The molecule has 3 nitrogen and oxygen atoms in total. The zero-order chi connectivity index (χ0) is 14.4. The Morgan fingerprint density at radius 2 is 2.10 bits per heavy atom. The van der Waals surface area contributed by atoms with Crippen LogP contribution in [-0.4, -0.2) is 30.4 Å². The smallest absolute Gasteiger partial charge is 0.236 e. The van der Waals surface area contributed by atoms with Crippen molar-refractivity contribution in [3.63, 3.8) is 0 Å². The number of likely N-dealkylation sites (N-methyl/N-ethyl adjacent to an activating group) is 1. The minimum Gasteiger partial charge on any atom is -0.342 e. The first-order valence-electron chi connectivity index (χ1n) is 6.84. The quantitative estimate of drug-likeness (QED) is 0.850. The molecule has 1 N–H and O–H groups in total. The summed E-state index contributed by atoms with van der Waals surface area (Å²) in [6, 6.07) is 6.40. The zero-order valence-corrected chi connectivity index (χ0v) is 13.5. The molecule has 0 saturated heterocycles. The van der Waals surface area contributed by atoms with E-state index in [1.54, 1.807) is 22.7 Å². The molecule has 1 amide bonds. The third-order valence-corrected chi connectivity index (χ3v) is 5.01. The van der Waals surface area contributed by atoms with Crippen molar-refractivity contribution in [2.24, 2.45) is 0 Å². The van der Waals surface area contributed by atoms with E-state index in [0.717, 1.165) is 19.6 Å². The maximum atomic E-state index is 11.9. The minimum absolute atomic E-state index is 0.171. The molecule has 0 spiro atoms. The Hall–Kier alpha value is -1.17. The van der Waals surface area contributed by atoms with Gasteiger partial charge < -0.3 is 10.2 Å². The summed E-state index contributed by atoms with van der Waals surface area (Å²) in [4.78, 5) is 16.3. The Kier molecular flexibility index (Phi) is 5.76. The Labute approximate surface area is 128 Å². The van der Waals surface area contributed by atoms with Gasteiger partial charge >= 0.3 is 0 Å². The lowest BCUT2D eigenvalue weighted by Crippen LogP contribution is -2.37. The van der Waals surface area contributed by atoms with Crippen LogP contribution in [0.3, 0.4) is 0 Å². The number of rotatable bonds is 7. The molecule has 2 aromatic rings. The van der Waals surface area contributed by atoms with Gasteiger partial charge in [0.15, 0.2) is 0 Å². The number of thiophene rings is 2. The van der Waals surface area contributed by atoms with Crippen molar-refractivity contribution in [1.82, 2.24) is 10.2 Å². The van der Waals surface area contributed by atoms with Gasteiger partial charge in [0.05, 0.1) is 6.54 Å². The molecule has 0 fully saturated rings. The lowest BCUT2D eigenvalue weighted by Gasteiger charge is -2.18. The third kappa shape index (κ3) is 3.91. The molecule has 2 aromatic heterocycles. The Bertz CT molecular complexity index is 530. The number of carbonyl (C=O) groups excluding carboxylic acids is 1. The Balaban J connectivity index is 1.82. The predicted octanol–water partition coefficient (Wildman–Crippen LogP) is 3.43. The van der Waals surface area contributed by atoms with E-state index < -0.39 is 0 Å². The van der Waals surface area contributed by atoms with Crippen molar-refractivity contribution < 1.29 is 4.79 Å². The fraction of sp³-hybridized carbons (Fsp3) is 0.400. The summed E-state index contributed by atoms with van der Waals surface area (Å²) >= 11 is 3.49. The molecule has 0 bridgehead atoms. The summed E-state index contributed by atoms with van der Waals surface area (Å²) in [5.74, 6) is 0.171. The summed E-state index contributed by atoms with van der Waals surface area (Å²) < 4.78 is 0. The maximum absolute atomic E-state index is 11.9. The van der Waals surface area contributed by atoms with Gasteiger partial charge in [0, 0.05) is 35.0 Å². The SMILES string of the molecule is CCN(CC)C(=O)CNCc1cc(-c2cccs2)cs1. The van der Waals surface area contributed by atoms with E-state index in [9.17, 15) is 4.79 Å². The van der Waals surface area contributed by atoms with Crippen LogP contribution in [0, 0.1) is 0 Å². The first kappa shape index (κ1) is 15.2. The highest BCUT2D eigenvalue weighted by atomic mass is 32.1. The van der Waals surface area contributed by atoms with Crippen LogP contribution in [0.1, 0.15) is 18.7 Å². The van der Waals surface area contributed by atoms with Crippen LogP contribution >= 0.6 is 22.7 Å². The van der Waals surface area contributed by atoms with E-state index in [1.807, 2.05) is 18.7 Å². The molecule has 0 aromatic carbocycles. The summed E-state index contributed by atoms with van der Waals surface area (Å²) in [7, 11) is 0. The second-order valence-corrected chi connectivity index (χ2v) is 6.39. The highest BCUT2D eigenvalue weighted by Crippen LogP contribution is 2.29. The Morgan fingerprint density at radius 1 is 1.30 bits per heavy atom. The van der Waals surface area contributed by atoms with Crippen molar-refractivity contribution in [3.8, 4) is 10.4 Å². The van der Waals surface area contributed by atoms with Gasteiger partial charge in [-0.2, -0.15) is 0 Å². The molecular weight excluding hydrogens is 288 g/mol. The van der Waals surface area contributed by atoms with Crippen LogP contribution in [-0.2, 0) is 11.3 Å². The van der Waals surface area contributed by atoms with Crippen molar-refractivity contribution in [3.05, 3.63) is 33.8 Å². The van der Waals surface area contributed by atoms with Crippen LogP contribution in [0.4, 0.5) is 0 Å². The molecule has 0 radical (unpaired) electrons. The van der Waals surface area contributed by atoms with Crippen LogP contribution in [0.15, 0.2) is 29.0 Å². The van der Waals surface area contributed by atoms with Gasteiger partial charge in [-0.05, 0) is 36.7 Å². The molecule has 2 heterocycles. The molecule has 2 rings (SSSR count). The lowest BCUT2D eigenvalue weighted by atomic mass is 10.2. The van der Waals surface area contributed by atoms with Gasteiger partial charge in [0.25, 0.3) is 0 Å². The van der Waals surface area contributed by atoms with E-state index in [-0.39, 0.29) is 5.91 Å². The van der Waals surface area contributed by atoms with E-state index in [1.165, 1.54) is 15.3 Å². The molecule has 0 unspecified atom stereocenters. The molecule has 0 aliphatic heterocycles. The summed E-state index contributed by atoms with van der Waals surface area (Å²) in [5, 5.41) is 7.50. The molecule has 0 aliphatic carbocycles. The largest absolute Gasteiger partial charge is 0.342 e. The topological polar surface area (TPSA) is 32.3 Å². The van der Waals surface area contributed by atoms with Gasteiger partial charge in [0.2, 0.25) is 5.91 Å². The lowest BCUT2D eigenvalue weighted by molar-refractivity contribution is -0.129. The standard InChI is InChI=1S/C15H20N2OS2/c1-3-17(4-2)15(18)10-16-9-13-8-12(11-20-13)14-6-5-7-19-14/h5-8,11,16H,3-4,9-10H2,1-2H3. The van der Waals surface area contributed by atoms with Crippen LogP contribution in [0.2, 0.25) is 0 Å². The van der Waals surface area contributed by atoms with E-state index >= 15 is 0 Å². The summed E-state index contributed by atoms with van der Waals surface area (Å²) in [5.41, 5.74) is 1.27. The van der Waals surface area contributed by atoms with Crippen LogP contribution < -0.4 is 5.32 Å². The number of amides is 1. The third-order valence-electron chi connectivity index (χ3n) is 3.15. The van der Waals surface area contributed by atoms with Crippen LogP contribution in [0.25, 0.3) is 10.4 Å². The molecule has 5 heteroatoms. The fourth-order valence-corrected chi connectivity index (χ4v) is 3.67. The van der Waals surface area contributed by atoms with Crippen molar-refractivity contribution in [2.75, 3.05) is 19.6 Å². The van der Waals surface area contributed by atoms with Crippen molar-refractivity contribution in [1.29, 1.82) is 0 Å². The summed E-state index contributed by atoms with van der Waals surface area (Å²) in [6.07, 6.45) is 0. The zero-order valence-electron chi connectivity index (χ0n) is 11.9. The van der Waals surface area contributed by atoms with Gasteiger partial charge in [-0.3, -0.25) is 4.79 Å². The fourth-order valence-electron chi connectivity index (χ4n) is 2.03. The second-order valence-electron chi connectivity index (χ2n) is 4.45. The van der Waals surface area contributed by atoms with E-state index in [0.29, 0.717) is 6.54 Å². The number of nitrogens with zero attached hydrogens (tertiary/aromatic N) is 1. The van der Waals surface area contributed by atoms with Gasteiger partial charge in [-0.15, -0.1) is 22.7 Å². The normalized spacial score (nSPS) is 10.7. The van der Waals surface area contributed by atoms with Gasteiger partial charge in [0.1, 0.15) is 0 Å². The molecule has 20 heavy (non-hydrogen) atoms. The molecule has 0 saturated carbocycles. The predicted molar refractivity (Wildman–Crippen MR) is 87.3 cm³/mol. The highest BCUT2D eigenvalue weighted by Gasteiger charge is 2.09. The van der Waals surface area contributed by atoms with Crippen molar-refractivity contribution in [2.45, 2.75) is 20.4 Å². The number of hydrogen-bond acceptors (Lipinski definition) is 4. The maximum Gasteiger partial charge on any atom is 0.236 e. The monoisotopic (exact) mass is 308 g/mol. The van der Waals surface area contributed by atoms with Gasteiger partial charge in [-0.25, -0.2) is 0 Å². The molecule has 108 valence electrons. The van der Waals surface area contributed by atoms with Crippen molar-refractivity contribution >= 4 is 28.6 Å². The average molecular weight is 308 g/mol.